The van der Waals surface area contributed by atoms with Crippen LogP contribution < -0.4 is 4.74 Å². The molecule has 2 amide bonds. The second kappa shape index (κ2) is 9.06. The van der Waals surface area contributed by atoms with Crippen LogP contribution >= 0.6 is 11.8 Å². The van der Waals surface area contributed by atoms with Gasteiger partial charge in [-0.05, 0) is 73.6 Å². The minimum Gasteiger partial charge on any atom is -0.450 e. The minimum atomic E-state index is -0.738. The molecule has 0 bridgehead atoms. The Kier molecular flexibility index (Phi) is 6.14. The molecule has 0 spiro atoms. The lowest BCUT2D eigenvalue weighted by Crippen LogP contribution is -2.22. The number of hydrogen-bond donors (Lipinski definition) is 0. The lowest BCUT2D eigenvalue weighted by atomic mass is 10.2. The van der Waals surface area contributed by atoms with Gasteiger partial charge in [0.2, 0.25) is 5.75 Å². The predicted octanol–water partition coefficient (Wildman–Crippen LogP) is 5.37. The summed E-state index contributed by atoms with van der Waals surface area (Å²) in [7, 11) is 1.44. The second-order valence-electron chi connectivity index (χ2n) is 7.66. The van der Waals surface area contributed by atoms with E-state index in [2.05, 4.69) is 0 Å². The lowest BCUT2D eigenvalue weighted by Gasteiger charge is -2.11. The number of benzene rings is 2. The largest absolute Gasteiger partial charge is 0.450 e. The smallest absolute Gasteiger partial charge is 0.318 e. The highest BCUT2D eigenvalue weighted by Gasteiger charge is 2.32. The van der Waals surface area contributed by atoms with Gasteiger partial charge in [-0.3, -0.25) is 34.7 Å². The number of ether oxygens (including phenoxy) is 1. The summed E-state index contributed by atoms with van der Waals surface area (Å²) in [6, 6.07) is 11.9. The average molecular weight is 494 g/mol. The van der Waals surface area contributed by atoms with Gasteiger partial charge in [-0.2, -0.15) is 0 Å². The Morgan fingerprint density at radius 1 is 0.971 bits per heavy atom. The van der Waals surface area contributed by atoms with Crippen LogP contribution in [-0.2, 0) is 4.79 Å². The zero-order valence-electron chi connectivity index (χ0n) is 18.8. The molecule has 11 nitrogen and oxygen atoms in total. The maximum absolute atomic E-state index is 12.2. The van der Waals surface area contributed by atoms with Crippen molar-refractivity contribution in [3.05, 3.63) is 90.6 Å². The van der Waals surface area contributed by atoms with Crippen LogP contribution in [0.2, 0.25) is 0 Å². The first-order chi connectivity index (χ1) is 16.6. The molecule has 4 rings (SSSR count). The highest BCUT2D eigenvalue weighted by Crippen LogP contribution is 2.35. The number of thioether (sulfide) groups is 1. The molecule has 1 fully saturated rings. The fraction of sp³-hybridized carbons (Fsp3) is 0.130. The molecular weight excluding hydrogens is 476 g/mol. The molecule has 1 aliphatic rings. The van der Waals surface area contributed by atoms with Crippen LogP contribution in [0.1, 0.15) is 17.0 Å². The molecule has 0 radical (unpaired) electrons. The van der Waals surface area contributed by atoms with Crippen molar-refractivity contribution in [2.45, 2.75) is 13.8 Å². The van der Waals surface area contributed by atoms with Gasteiger partial charge < -0.3 is 9.30 Å². The Morgan fingerprint density at radius 2 is 1.66 bits per heavy atom. The topological polar surface area (TPSA) is 138 Å². The average Bonchev–Trinajstić information content (AvgIpc) is 3.23. The van der Waals surface area contributed by atoms with Crippen LogP contribution in [0, 0.1) is 34.1 Å². The molecule has 1 aromatic heterocycles. The fourth-order valence-corrected chi connectivity index (χ4v) is 4.47. The van der Waals surface area contributed by atoms with Crippen LogP contribution in [0.5, 0.6) is 11.5 Å². The van der Waals surface area contributed by atoms with Gasteiger partial charge in [0.15, 0.2) is 0 Å². The Hall–Kier alpha value is -4.45. The summed E-state index contributed by atoms with van der Waals surface area (Å²) in [5, 5.41) is 21.9. The summed E-state index contributed by atoms with van der Waals surface area (Å²) in [5.41, 5.74) is 2.41. The maximum atomic E-state index is 12.2. The van der Waals surface area contributed by atoms with Gasteiger partial charge >= 0.3 is 5.69 Å². The molecule has 2 aromatic carbocycles. The van der Waals surface area contributed by atoms with Crippen molar-refractivity contribution in [3.63, 3.8) is 0 Å². The molecule has 178 valence electrons. The molecule has 2 heterocycles. The molecule has 0 aliphatic carbocycles. The SMILES string of the molecule is Cc1cc(/C=C2/SC(=O)N(C)C2=O)c(C)n1-c1ccc(Oc2ccc([N+](=O)[O-])cc2[N+](=O)[O-])cc1. The monoisotopic (exact) mass is 494 g/mol. The van der Waals surface area contributed by atoms with E-state index in [1.807, 2.05) is 24.5 Å². The quantitative estimate of drug-likeness (QED) is 0.253. The van der Waals surface area contributed by atoms with Gasteiger partial charge in [-0.15, -0.1) is 0 Å². The molecule has 1 aliphatic heterocycles. The number of hydrogen-bond acceptors (Lipinski definition) is 8. The summed E-state index contributed by atoms with van der Waals surface area (Å²) in [4.78, 5) is 46.2. The van der Waals surface area contributed by atoms with E-state index in [0.717, 1.165) is 51.4 Å². The summed E-state index contributed by atoms with van der Waals surface area (Å²) in [6.45, 7) is 3.79. The van der Waals surface area contributed by atoms with E-state index >= 15 is 0 Å². The van der Waals surface area contributed by atoms with E-state index < -0.39 is 21.2 Å². The maximum Gasteiger partial charge on any atom is 0.318 e. The highest BCUT2D eigenvalue weighted by atomic mass is 32.2. The number of likely N-dealkylation sites (N-methyl/N-ethyl adjacent to an activating group) is 1. The molecule has 0 unspecified atom stereocenters. The first kappa shape index (κ1) is 23.7. The van der Waals surface area contributed by atoms with E-state index in [4.69, 9.17) is 4.74 Å². The number of carbonyl (C=O) groups excluding carboxylic acids is 2. The predicted molar refractivity (Wildman–Crippen MR) is 129 cm³/mol. The van der Waals surface area contributed by atoms with Crippen molar-refractivity contribution in [3.8, 4) is 17.2 Å². The Balaban J connectivity index is 1.61. The Morgan fingerprint density at radius 3 is 2.23 bits per heavy atom. The van der Waals surface area contributed by atoms with Crippen LogP contribution in [-0.4, -0.2) is 37.5 Å². The molecule has 35 heavy (non-hydrogen) atoms. The van der Waals surface area contributed by atoms with E-state index in [-0.39, 0.29) is 16.9 Å². The molecule has 3 aromatic rings. The molecule has 0 saturated carbocycles. The third kappa shape index (κ3) is 4.51. The molecule has 0 N–H and O–H groups in total. The summed E-state index contributed by atoms with van der Waals surface area (Å²) < 4.78 is 7.58. The number of rotatable bonds is 6. The number of aryl methyl sites for hydroxylation is 1. The second-order valence-corrected chi connectivity index (χ2v) is 8.66. The van der Waals surface area contributed by atoms with Crippen LogP contribution in [0.3, 0.4) is 0 Å². The lowest BCUT2D eigenvalue weighted by molar-refractivity contribution is -0.394. The van der Waals surface area contributed by atoms with Gasteiger partial charge in [-0.25, -0.2) is 0 Å². The number of nitro groups is 2. The van der Waals surface area contributed by atoms with Crippen molar-refractivity contribution < 1.29 is 24.2 Å². The zero-order chi connectivity index (χ0) is 25.4. The highest BCUT2D eigenvalue weighted by molar-refractivity contribution is 8.18. The van der Waals surface area contributed by atoms with E-state index in [9.17, 15) is 29.8 Å². The van der Waals surface area contributed by atoms with Crippen LogP contribution in [0.15, 0.2) is 53.4 Å². The van der Waals surface area contributed by atoms with Crippen molar-refractivity contribution in [2.75, 3.05) is 7.05 Å². The summed E-state index contributed by atoms with van der Waals surface area (Å²) >= 11 is 0.892. The van der Waals surface area contributed by atoms with E-state index in [1.165, 1.54) is 13.1 Å². The number of amides is 2. The number of imide groups is 1. The third-order valence-corrected chi connectivity index (χ3v) is 6.38. The minimum absolute atomic E-state index is 0.117. The van der Waals surface area contributed by atoms with Crippen molar-refractivity contribution in [1.29, 1.82) is 0 Å². The van der Waals surface area contributed by atoms with Crippen LogP contribution in [0.4, 0.5) is 16.2 Å². The van der Waals surface area contributed by atoms with Gasteiger partial charge in [0.1, 0.15) is 5.75 Å². The number of nitro benzene ring substituents is 2. The van der Waals surface area contributed by atoms with Gasteiger partial charge in [0, 0.05) is 30.2 Å². The van der Waals surface area contributed by atoms with E-state index in [0.29, 0.717) is 10.7 Å². The summed E-state index contributed by atoms with van der Waals surface area (Å²) in [6.07, 6.45) is 1.69. The van der Waals surface area contributed by atoms with Crippen molar-refractivity contribution in [2.24, 2.45) is 0 Å². The Bertz CT molecular complexity index is 1430. The number of carbonyl (C=O) groups is 2. The third-order valence-electron chi connectivity index (χ3n) is 5.42. The summed E-state index contributed by atoms with van der Waals surface area (Å²) in [5.74, 6) is -0.148. The van der Waals surface area contributed by atoms with Gasteiger partial charge in [0.05, 0.1) is 20.8 Å². The first-order valence-electron chi connectivity index (χ1n) is 10.2. The molecule has 1 saturated heterocycles. The van der Waals surface area contributed by atoms with Gasteiger partial charge in [-0.1, -0.05) is 0 Å². The van der Waals surface area contributed by atoms with Crippen LogP contribution in [0.25, 0.3) is 11.8 Å². The van der Waals surface area contributed by atoms with E-state index in [1.54, 1.807) is 30.3 Å². The Labute approximate surface area is 202 Å². The van der Waals surface area contributed by atoms with Gasteiger partial charge in [0.25, 0.3) is 16.8 Å². The zero-order valence-corrected chi connectivity index (χ0v) is 19.6. The molecule has 12 heteroatoms. The standard InChI is InChI=1S/C23H18N4O7S/c1-13-10-15(11-21-22(28)24(3)23(29)35-21)14(2)25(13)16-4-7-18(8-5-16)34-20-9-6-17(26(30)31)12-19(20)27(32)33/h4-12H,1-3H3/b21-11+. The first-order valence-corrected chi connectivity index (χ1v) is 11.0. The normalized spacial score (nSPS) is 14.6. The molecular formula is C23H18N4O7S. The fourth-order valence-electron chi connectivity index (χ4n) is 3.66. The molecule has 0 atom stereocenters. The number of aromatic nitrogens is 1. The van der Waals surface area contributed by atoms with Crippen molar-refractivity contribution >= 4 is 40.4 Å². The number of non-ortho nitro benzene ring substituents is 1. The number of nitrogens with zero attached hydrogens (tertiary/aromatic N) is 4. The van der Waals surface area contributed by atoms with Crippen molar-refractivity contribution in [1.82, 2.24) is 9.47 Å².